The summed E-state index contributed by atoms with van der Waals surface area (Å²) < 4.78 is 30.0. The van der Waals surface area contributed by atoms with Crippen molar-refractivity contribution in [2.75, 3.05) is 12.3 Å². The number of rotatable bonds is 5. The number of nitrogen functional groups attached to an aromatic ring is 1. The lowest BCUT2D eigenvalue weighted by atomic mass is 10.0. The lowest BCUT2D eigenvalue weighted by Gasteiger charge is -2.12. The van der Waals surface area contributed by atoms with Crippen LogP contribution in [0, 0.1) is 5.82 Å². The van der Waals surface area contributed by atoms with Crippen molar-refractivity contribution in [3.05, 3.63) is 47.8 Å². The molecule has 0 atom stereocenters. The summed E-state index contributed by atoms with van der Waals surface area (Å²) in [5.41, 5.74) is 7.70. The molecular formula is C20H20FNO4. The lowest BCUT2D eigenvalue weighted by molar-refractivity contribution is 0.0529. The fourth-order valence-electron chi connectivity index (χ4n) is 2.71. The van der Waals surface area contributed by atoms with Crippen molar-refractivity contribution < 1.29 is 23.1 Å². The second-order valence-corrected chi connectivity index (χ2v) is 6.09. The fraction of sp³-hybridized carbons (Fsp3) is 0.250. The predicted molar refractivity (Wildman–Crippen MR) is 97.7 cm³/mol. The van der Waals surface area contributed by atoms with Crippen molar-refractivity contribution in [1.82, 2.24) is 0 Å². The molecule has 1 heterocycles. The zero-order valence-corrected chi connectivity index (χ0v) is 14.8. The Kier molecular flexibility index (Phi) is 4.84. The predicted octanol–water partition coefficient (Wildman–Crippen LogP) is 4.79. The topological polar surface area (TPSA) is 74.7 Å². The minimum absolute atomic E-state index is 0.0794. The third kappa shape index (κ3) is 3.35. The van der Waals surface area contributed by atoms with Crippen molar-refractivity contribution in [1.29, 1.82) is 0 Å². The Labute approximate surface area is 150 Å². The van der Waals surface area contributed by atoms with Gasteiger partial charge >= 0.3 is 5.97 Å². The number of ether oxygens (including phenoxy) is 2. The van der Waals surface area contributed by atoms with E-state index >= 15 is 0 Å². The van der Waals surface area contributed by atoms with Gasteiger partial charge in [0.05, 0.1) is 18.4 Å². The Morgan fingerprint density at radius 1 is 1.23 bits per heavy atom. The number of benzene rings is 2. The third-order valence-corrected chi connectivity index (χ3v) is 3.77. The number of esters is 1. The van der Waals surface area contributed by atoms with E-state index in [-0.39, 0.29) is 24.1 Å². The van der Waals surface area contributed by atoms with E-state index in [1.807, 2.05) is 13.8 Å². The van der Waals surface area contributed by atoms with E-state index in [0.29, 0.717) is 33.7 Å². The van der Waals surface area contributed by atoms with Gasteiger partial charge in [-0.1, -0.05) is 0 Å². The molecule has 0 radical (unpaired) electrons. The molecule has 0 saturated carbocycles. The molecule has 0 amide bonds. The molecule has 0 aliphatic carbocycles. The molecule has 1 aromatic heterocycles. The van der Waals surface area contributed by atoms with Gasteiger partial charge in [0.1, 0.15) is 28.5 Å². The van der Waals surface area contributed by atoms with Crippen LogP contribution in [0.5, 0.6) is 5.75 Å². The molecule has 2 aromatic carbocycles. The highest BCUT2D eigenvalue weighted by Gasteiger charge is 2.24. The van der Waals surface area contributed by atoms with Crippen molar-refractivity contribution in [2.24, 2.45) is 0 Å². The van der Waals surface area contributed by atoms with Crippen LogP contribution in [0.25, 0.3) is 22.3 Å². The molecule has 0 aliphatic heterocycles. The maximum Gasteiger partial charge on any atom is 0.342 e. The molecule has 3 rings (SSSR count). The van der Waals surface area contributed by atoms with Crippen molar-refractivity contribution in [3.8, 4) is 17.1 Å². The molecular weight excluding hydrogens is 337 g/mol. The average molecular weight is 357 g/mol. The summed E-state index contributed by atoms with van der Waals surface area (Å²) in [5, 5.41) is 0.535. The molecule has 0 saturated heterocycles. The highest BCUT2D eigenvalue weighted by Crippen LogP contribution is 2.38. The zero-order valence-electron chi connectivity index (χ0n) is 14.8. The van der Waals surface area contributed by atoms with E-state index in [4.69, 9.17) is 19.6 Å². The van der Waals surface area contributed by atoms with Crippen LogP contribution >= 0.6 is 0 Å². The number of furan rings is 1. The van der Waals surface area contributed by atoms with Gasteiger partial charge in [-0.3, -0.25) is 0 Å². The van der Waals surface area contributed by atoms with Crippen LogP contribution in [0.1, 0.15) is 31.1 Å². The average Bonchev–Trinajstić information content (AvgIpc) is 2.94. The number of halogens is 1. The summed E-state index contributed by atoms with van der Waals surface area (Å²) in [6.07, 6.45) is -0.0794. The van der Waals surface area contributed by atoms with Crippen LogP contribution in [0.3, 0.4) is 0 Å². The second-order valence-electron chi connectivity index (χ2n) is 6.09. The number of carbonyl (C=O) groups excluding carboxylic acids is 1. The van der Waals surface area contributed by atoms with Crippen LogP contribution in [0.2, 0.25) is 0 Å². The van der Waals surface area contributed by atoms with E-state index in [0.717, 1.165) is 0 Å². The van der Waals surface area contributed by atoms with Crippen molar-refractivity contribution in [2.45, 2.75) is 26.9 Å². The molecule has 2 N–H and O–H groups in total. The molecule has 0 spiro atoms. The van der Waals surface area contributed by atoms with Gasteiger partial charge in [0.25, 0.3) is 0 Å². The van der Waals surface area contributed by atoms with Gasteiger partial charge < -0.3 is 19.6 Å². The smallest absolute Gasteiger partial charge is 0.342 e. The molecule has 5 nitrogen and oxygen atoms in total. The zero-order chi connectivity index (χ0) is 18.8. The van der Waals surface area contributed by atoms with Gasteiger partial charge in [-0.15, -0.1) is 0 Å². The number of fused-ring (bicyclic) bond motifs is 1. The minimum atomic E-state index is -0.522. The van der Waals surface area contributed by atoms with E-state index < -0.39 is 5.97 Å². The molecule has 0 fully saturated rings. The largest absolute Gasteiger partial charge is 0.489 e. The van der Waals surface area contributed by atoms with E-state index in [1.54, 1.807) is 31.2 Å². The lowest BCUT2D eigenvalue weighted by Crippen LogP contribution is -2.08. The van der Waals surface area contributed by atoms with Gasteiger partial charge in [-0.05, 0) is 51.1 Å². The molecule has 6 heteroatoms. The Hall–Kier alpha value is -3.02. The quantitative estimate of drug-likeness (QED) is 0.525. The first-order valence-electron chi connectivity index (χ1n) is 8.36. The number of hydrogen-bond donors (Lipinski definition) is 1. The fourth-order valence-corrected chi connectivity index (χ4v) is 2.71. The third-order valence-electron chi connectivity index (χ3n) is 3.77. The Bertz CT molecular complexity index is 945. The maximum atomic E-state index is 13.3. The molecule has 0 unspecified atom stereocenters. The van der Waals surface area contributed by atoms with E-state index in [9.17, 15) is 9.18 Å². The molecule has 0 bridgehead atoms. The number of carbonyl (C=O) groups is 1. The summed E-state index contributed by atoms with van der Waals surface area (Å²) in [5.74, 6) is -0.130. The summed E-state index contributed by atoms with van der Waals surface area (Å²) in [6.45, 7) is 5.71. The van der Waals surface area contributed by atoms with Crippen LogP contribution in [-0.2, 0) is 4.74 Å². The summed E-state index contributed by atoms with van der Waals surface area (Å²) >= 11 is 0. The summed E-state index contributed by atoms with van der Waals surface area (Å²) in [7, 11) is 0. The van der Waals surface area contributed by atoms with Crippen molar-refractivity contribution >= 4 is 22.6 Å². The monoisotopic (exact) mass is 357 g/mol. The Morgan fingerprint density at radius 3 is 2.54 bits per heavy atom. The summed E-state index contributed by atoms with van der Waals surface area (Å²) in [4.78, 5) is 12.6. The van der Waals surface area contributed by atoms with Crippen LogP contribution in [0.15, 0.2) is 40.8 Å². The number of hydrogen-bond acceptors (Lipinski definition) is 5. The number of nitrogens with two attached hydrogens (primary N) is 1. The van der Waals surface area contributed by atoms with Crippen molar-refractivity contribution in [3.63, 3.8) is 0 Å². The Balaban J connectivity index is 2.24. The normalized spacial score (nSPS) is 11.1. The minimum Gasteiger partial charge on any atom is -0.489 e. The first-order valence-corrected chi connectivity index (χ1v) is 8.36. The molecule has 3 aromatic rings. The van der Waals surface area contributed by atoms with Crippen LogP contribution in [0.4, 0.5) is 10.1 Å². The molecule has 136 valence electrons. The van der Waals surface area contributed by atoms with Gasteiger partial charge in [0, 0.05) is 17.0 Å². The first-order chi connectivity index (χ1) is 12.4. The van der Waals surface area contributed by atoms with Gasteiger partial charge in [0.15, 0.2) is 0 Å². The highest BCUT2D eigenvalue weighted by molar-refractivity contribution is 6.09. The van der Waals surface area contributed by atoms with Gasteiger partial charge in [-0.2, -0.15) is 0 Å². The van der Waals surface area contributed by atoms with Crippen LogP contribution in [-0.4, -0.2) is 18.7 Å². The molecule has 26 heavy (non-hydrogen) atoms. The first kappa shape index (κ1) is 17.8. The molecule has 0 aliphatic rings. The maximum absolute atomic E-state index is 13.3. The van der Waals surface area contributed by atoms with E-state index in [2.05, 4.69) is 0 Å². The van der Waals surface area contributed by atoms with Gasteiger partial charge in [-0.25, -0.2) is 9.18 Å². The number of anilines is 1. The van der Waals surface area contributed by atoms with Gasteiger partial charge in [0.2, 0.25) is 0 Å². The van der Waals surface area contributed by atoms with Crippen LogP contribution < -0.4 is 10.5 Å². The standard InChI is InChI=1S/C20H20FNO4/c1-4-24-20(23)18-14-9-17(25-11(2)3)15(22)10-16(14)26-19(18)12-5-7-13(21)8-6-12/h5-11H,4,22H2,1-3H3. The SMILES string of the molecule is CCOC(=O)c1c(-c2ccc(F)cc2)oc2cc(N)c(OC(C)C)cc12. The summed E-state index contributed by atoms with van der Waals surface area (Å²) in [6, 6.07) is 8.99. The second kappa shape index (κ2) is 7.07. The Morgan fingerprint density at radius 2 is 1.92 bits per heavy atom. The van der Waals surface area contributed by atoms with E-state index in [1.165, 1.54) is 12.1 Å². The highest BCUT2D eigenvalue weighted by atomic mass is 19.1.